The van der Waals surface area contributed by atoms with Gasteiger partial charge in [0, 0.05) is 95.8 Å². The van der Waals surface area contributed by atoms with Crippen LogP contribution in [0.1, 0.15) is 106 Å². The molecule has 708 valence electrons. The second-order valence-corrected chi connectivity index (χ2v) is 36.2. The molecule has 0 aliphatic carbocycles. The number of fused-ring (bicyclic) bond motifs is 1. The van der Waals surface area contributed by atoms with Crippen LogP contribution in [0.3, 0.4) is 0 Å². The molecule has 1 aliphatic heterocycles. The first kappa shape index (κ1) is 105. The van der Waals surface area contributed by atoms with Gasteiger partial charge in [0.1, 0.15) is 60.1 Å². The molecule has 0 spiro atoms. The summed E-state index contributed by atoms with van der Waals surface area (Å²) in [5, 5.41) is 47.9. The highest BCUT2D eigenvalue weighted by molar-refractivity contribution is 8.00. The molecule has 14 amide bonds. The molecule has 7 aromatic rings. The zero-order valence-electron chi connectivity index (χ0n) is 75.8. The van der Waals surface area contributed by atoms with Gasteiger partial charge in [-0.1, -0.05) is 186 Å². The fourth-order valence-electron chi connectivity index (χ4n) is 15.3. The van der Waals surface area contributed by atoms with Gasteiger partial charge in [0.2, 0.25) is 82.7 Å². The lowest BCUT2D eigenvalue weighted by Gasteiger charge is -2.37. The Balaban J connectivity index is 1.21. The molecule has 0 saturated carbocycles. The summed E-state index contributed by atoms with van der Waals surface area (Å²) in [6.45, 7) is 5.91. The fraction of sp³-hybridized carbons (Fsp3) is 0.432. The second-order valence-electron chi connectivity index (χ2n) is 33.8. The maximum atomic E-state index is 15.5. The van der Waals surface area contributed by atoms with Gasteiger partial charge in [-0.3, -0.25) is 82.0 Å². The van der Waals surface area contributed by atoms with Crippen molar-refractivity contribution in [2.75, 3.05) is 72.9 Å². The number of nitrogens with one attached hydrogen (secondary N) is 9. The summed E-state index contributed by atoms with van der Waals surface area (Å²) in [6.07, 6.45) is -1.27. The lowest BCUT2D eigenvalue weighted by atomic mass is 9.98. The lowest BCUT2D eigenvalue weighted by molar-refractivity contribution is -0.151. The number of carboxylic acid groups (broad SMARTS) is 1. The van der Waals surface area contributed by atoms with Crippen LogP contribution in [-0.2, 0) is 122 Å². The number of aliphatic carboxylic acids is 1. The van der Waals surface area contributed by atoms with E-state index in [0.717, 1.165) is 47.0 Å². The minimum atomic E-state index is -1.76. The summed E-state index contributed by atoms with van der Waals surface area (Å²) in [5.74, 6) is -16.4. The minimum absolute atomic E-state index is 0.0369. The molecule has 1 aromatic heterocycles. The zero-order chi connectivity index (χ0) is 96.6. The Hall–Kier alpha value is -12.6. The molecule has 6 aromatic carbocycles. The van der Waals surface area contributed by atoms with Gasteiger partial charge in [0.05, 0.1) is 50.4 Å². The van der Waals surface area contributed by atoms with Crippen molar-refractivity contribution in [1.29, 1.82) is 0 Å². The van der Waals surface area contributed by atoms with Gasteiger partial charge in [0.15, 0.2) is 5.78 Å². The summed E-state index contributed by atoms with van der Waals surface area (Å²) >= 11 is 8.68. The first-order valence-electron chi connectivity index (χ1n) is 43.7. The number of hydrogen-bond donors (Lipinski definition) is 13. The van der Waals surface area contributed by atoms with Crippen LogP contribution in [-0.4, -0.2) is 269 Å². The number of phenols is 1. The Morgan fingerprint density at radius 1 is 0.515 bits per heavy atom. The van der Waals surface area contributed by atoms with Crippen molar-refractivity contribution in [2.24, 2.45) is 23.3 Å². The number of nitrogens with two attached hydrogens (primary N) is 2. The number of thioether (sulfide) groups is 1. The molecule has 34 nitrogen and oxygen atoms in total. The predicted molar refractivity (Wildman–Crippen MR) is 502 cm³/mol. The normalized spacial score (nSPS) is 21.8. The average Bonchev–Trinajstić information content (AvgIpc) is 1.32. The molecule has 11 unspecified atom stereocenters. The number of nitrogens with zero attached hydrogens (tertiary/aromatic N) is 5. The van der Waals surface area contributed by atoms with Crippen LogP contribution >= 0.6 is 34.7 Å². The first-order chi connectivity index (χ1) is 62.8. The number of thiophene rings is 1. The SMILES string of the molecule is CCCCC1C(=O)N(C)CC(=O)NC(CC(=O)O)C(=O)CNC(C(C)C)C(=O)N(C)C(Cc2ccccc2)C(=O)NC(Cc2ccc(CN)cc2)C(=O)N(C)CC(=O)NC(Cc2csc3ccccc23)C(=O)NC(Cc2ccc(O)cc2)C(=O)NC(CC(C)C)C(=O)NC(C(=O)NCC(N)=O)CSCC(=O)NC(Cc2cccc(Cl)c2)C(=O)N(C)C(Cc2ccccc2)C(=O)N1C. The van der Waals surface area contributed by atoms with Crippen LogP contribution < -0.4 is 59.3 Å². The van der Waals surface area contributed by atoms with Gasteiger partial charge < -0.3 is 88.7 Å². The van der Waals surface area contributed by atoms with E-state index in [4.69, 9.17) is 23.1 Å². The third-order valence-corrected chi connectivity index (χ3v) is 24.9. The Morgan fingerprint density at radius 2 is 1.02 bits per heavy atom. The zero-order valence-corrected chi connectivity index (χ0v) is 78.2. The number of halogens is 1. The van der Waals surface area contributed by atoms with Crippen molar-refractivity contribution in [3.8, 4) is 5.75 Å². The molecule has 11 atom stereocenters. The summed E-state index contributed by atoms with van der Waals surface area (Å²) < 4.78 is 0.830. The van der Waals surface area contributed by atoms with E-state index >= 15 is 38.4 Å². The molecule has 2 heterocycles. The highest BCUT2D eigenvalue weighted by atomic mass is 35.5. The number of unbranched alkanes of at least 4 members (excludes halogenated alkanes) is 1. The van der Waals surface area contributed by atoms with E-state index in [-0.39, 0.29) is 74.6 Å². The maximum absolute atomic E-state index is 15.5. The molecule has 8 rings (SSSR count). The standard InChI is InChI=1S/C95H121ClN16O18S2/c1-11-12-29-75-93(128)109(7)52-81(116)101-68(47-84(119)120)78(114)49-99-85(57(4)5)95(130)111(9)76(44-58-22-15-13-16-23-58)90(125)106-72(42-60-31-33-62(48-97)34-32-60)91(126)108(6)51-82(117)102-71(46-64-53-132-79-30-20-19-28-67(64)79)89(124)105-70(41-61-35-37-66(113)38-36-61)88(123)104-69(39-56(2)3)87(122)107-74(86(121)100-50-80(98)115)54-131-55-83(118)103-73(43-63-26-21-27-65(96)40-63)92(127)112(10)77(94(129)110(75)8)45-59-24-17-14-18-25-59/h13-28,30-38,40,53,56-57,68-77,85,99,113H,11-12,29,39,41-52,54-55,97H2,1-10H3,(H2,98,115)(H,100,121)(H,101,116)(H,102,117)(H,103,118)(H,104,123)(H,105,124)(H,106,125)(H,107,122)(H,119,120). The number of aromatic hydroxyl groups is 1. The molecule has 1 fully saturated rings. The van der Waals surface area contributed by atoms with Crippen LogP contribution in [0.5, 0.6) is 5.75 Å². The smallest absolute Gasteiger partial charge is 0.305 e. The third kappa shape index (κ3) is 31.9. The van der Waals surface area contributed by atoms with E-state index in [0.29, 0.717) is 46.2 Å². The van der Waals surface area contributed by atoms with Gasteiger partial charge in [-0.25, -0.2) is 0 Å². The van der Waals surface area contributed by atoms with Gasteiger partial charge in [0.25, 0.3) is 0 Å². The number of Topliss-reactive ketones (excluding diaryl/α,β-unsaturated/α-hetero) is 1. The molecule has 37 heteroatoms. The lowest BCUT2D eigenvalue weighted by Crippen LogP contribution is -2.60. The van der Waals surface area contributed by atoms with Crippen LogP contribution in [0, 0.1) is 11.8 Å². The van der Waals surface area contributed by atoms with E-state index in [9.17, 15) is 48.6 Å². The number of primary amides is 1. The van der Waals surface area contributed by atoms with E-state index in [1.54, 1.807) is 148 Å². The van der Waals surface area contributed by atoms with E-state index in [2.05, 4.69) is 47.9 Å². The monoisotopic (exact) mass is 1870 g/mol. The summed E-state index contributed by atoms with van der Waals surface area (Å²) in [7, 11) is 6.67. The number of carboxylic acids is 1. The number of ketones is 1. The van der Waals surface area contributed by atoms with Crippen molar-refractivity contribution < 1.29 is 86.9 Å². The Labute approximate surface area is 781 Å². The van der Waals surface area contributed by atoms with Gasteiger partial charge >= 0.3 is 5.97 Å². The quantitative estimate of drug-likeness (QED) is 0.0412. The Morgan fingerprint density at radius 3 is 1.61 bits per heavy atom. The predicted octanol–water partition coefficient (Wildman–Crippen LogP) is 3.51. The number of likely N-dealkylation sites (N-methyl/N-ethyl adjacent to an activating group) is 5. The highest BCUT2D eigenvalue weighted by Crippen LogP contribution is 2.28. The largest absolute Gasteiger partial charge is 0.508 e. The second kappa shape index (κ2) is 51.2. The number of benzene rings is 6. The number of carbonyl (C=O) groups is 16. The topological polar surface area (TPSA) is 490 Å². The average molecular weight is 1870 g/mol. The molecular formula is C95H121ClN16O18S2. The van der Waals surface area contributed by atoms with Crippen molar-refractivity contribution in [2.45, 2.75) is 178 Å². The summed E-state index contributed by atoms with van der Waals surface area (Å²) in [6, 6.07) is 27.3. The number of rotatable bonds is 24. The molecule has 0 bridgehead atoms. The van der Waals surface area contributed by atoms with Crippen LogP contribution in [0.25, 0.3) is 10.1 Å². The summed E-state index contributed by atoms with van der Waals surface area (Å²) in [4.78, 5) is 241. The third-order valence-electron chi connectivity index (χ3n) is 22.6. The number of phenolic OH excluding ortho intramolecular Hbond substituents is 1. The fourth-order valence-corrected chi connectivity index (χ4v) is 17.3. The van der Waals surface area contributed by atoms with Gasteiger partial charge in [-0.15, -0.1) is 23.1 Å². The van der Waals surface area contributed by atoms with Crippen molar-refractivity contribution in [1.82, 2.24) is 72.4 Å². The van der Waals surface area contributed by atoms with Crippen molar-refractivity contribution in [3.63, 3.8) is 0 Å². The van der Waals surface area contributed by atoms with E-state index in [1.165, 1.54) is 75.7 Å². The summed E-state index contributed by atoms with van der Waals surface area (Å²) in [5.41, 5.74) is 15.4. The molecule has 1 aliphatic rings. The maximum Gasteiger partial charge on any atom is 0.305 e. The van der Waals surface area contributed by atoms with Crippen molar-refractivity contribution in [3.05, 3.63) is 207 Å². The van der Waals surface area contributed by atoms with Gasteiger partial charge in [-0.2, -0.15) is 0 Å². The first-order valence-corrected chi connectivity index (χ1v) is 46.1. The highest BCUT2D eigenvalue weighted by Gasteiger charge is 2.42. The van der Waals surface area contributed by atoms with E-state index in [1.807, 2.05) is 25.1 Å². The van der Waals surface area contributed by atoms with Crippen molar-refractivity contribution >= 4 is 139 Å². The Bertz CT molecular complexity index is 5190. The van der Waals surface area contributed by atoms with Crippen LogP contribution in [0.2, 0.25) is 5.02 Å². The van der Waals surface area contributed by atoms with Gasteiger partial charge in [-0.05, 0) is 105 Å². The molecule has 1 saturated heterocycles. The van der Waals surface area contributed by atoms with Crippen LogP contribution in [0.4, 0.5) is 0 Å². The minimum Gasteiger partial charge on any atom is -0.508 e. The molecule has 0 radical (unpaired) electrons. The Kier molecular flexibility index (Phi) is 40.7. The molecule has 132 heavy (non-hydrogen) atoms. The molecular weight excluding hydrogens is 1750 g/mol. The van der Waals surface area contributed by atoms with Crippen LogP contribution in [0.15, 0.2) is 163 Å². The molecule has 15 N–H and O–H groups in total. The number of hydrogen-bond acceptors (Lipinski definition) is 21. The number of carbonyl (C=O) groups excluding carboxylic acids is 15. The van der Waals surface area contributed by atoms with E-state index < -0.39 is 211 Å². The number of amides is 14.